The number of hydrogen-bond acceptors (Lipinski definition) is 3. The number of benzene rings is 1. The molecular formula is C14H15O4PS. The molecule has 2 atom stereocenters. The van der Waals surface area contributed by atoms with Crippen molar-refractivity contribution < 1.29 is 19.4 Å². The lowest BCUT2D eigenvalue weighted by Crippen LogP contribution is -2.16. The molecule has 1 aromatic carbocycles. The van der Waals surface area contributed by atoms with Crippen LogP contribution in [0.25, 0.3) is 0 Å². The van der Waals surface area contributed by atoms with E-state index in [1.165, 1.54) is 11.3 Å². The lowest BCUT2D eigenvalue weighted by atomic mass is 10.1. The average Bonchev–Trinajstić information content (AvgIpc) is 2.90. The van der Waals surface area contributed by atoms with Gasteiger partial charge >= 0.3 is 5.97 Å². The Morgan fingerprint density at radius 2 is 1.95 bits per heavy atom. The summed E-state index contributed by atoms with van der Waals surface area (Å²) >= 11 is 1.38. The molecule has 4 nitrogen and oxygen atoms in total. The minimum atomic E-state index is -3.54. The van der Waals surface area contributed by atoms with Gasteiger partial charge in [-0.2, -0.15) is 11.3 Å². The molecular weight excluding hydrogens is 295 g/mol. The fourth-order valence-electron chi connectivity index (χ4n) is 2.02. The molecule has 106 valence electrons. The first-order valence-corrected chi connectivity index (χ1v) is 9.05. The molecule has 0 aliphatic heterocycles. The molecule has 0 aliphatic carbocycles. The first kappa shape index (κ1) is 15.0. The smallest absolute Gasteiger partial charge is 0.311 e. The van der Waals surface area contributed by atoms with E-state index in [4.69, 9.17) is 0 Å². The van der Waals surface area contributed by atoms with Gasteiger partial charge < -0.3 is 10.00 Å². The summed E-state index contributed by atoms with van der Waals surface area (Å²) < 4.78 is 12.3. The minimum absolute atomic E-state index is 0.00174. The second-order valence-electron chi connectivity index (χ2n) is 4.62. The standard InChI is InChI=1S/C14H15O4PS/c15-14(16)13(12-6-7-20-10-12)9-19(17,18)8-11-4-2-1-3-5-11/h1-7,10,13H,8-9H2,(H,15,16)(H,17,18). The van der Waals surface area contributed by atoms with Gasteiger partial charge in [-0.05, 0) is 28.0 Å². The summed E-state index contributed by atoms with van der Waals surface area (Å²) in [6.45, 7) is 0. The van der Waals surface area contributed by atoms with Crippen LogP contribution in [0.1, 0.15) is 17.0 Å². The van der Waals surface area contributed by atoms with Crippen LogP contribution >= 0.6 is 18.7 Å². The van der Waals surface area contributed by atoms with Gasteiger partial charge in [0, 0.05) is 12.3 Å². The maximum Gasteiger partial charge on any atom is 0.311 e. The van der Waals surface area contributed by atoms with Gasteiger partial charge in [0.25, 0.3) is 0 Å². The first-order chi connectivity index (χ1) is 9.48. The van der Waals surface area contributed by atoms with E-state index in [-0.39, 0.29) is 12.3 Å². The van der Waals surface area contributed by atoms with E-state index in [9.17, 15) is 19.4 Å². The Bertz CT molecular complexity index is 609. The van der Waals surface area contributed by atoms with E-state index < -0.39 is 19.3 Å². The fraction of sp³-hybridized carbons (Fsp3) is 0.214. The quantitative estimate of drug-likeness (QED) is 0.802. The van der Waals surface area contributed by atoms with Gasteiger partial charge in [0.1, 0.15) is 0 Å². The first-order valence-electron chi connectivity index (χ1n) is 6.07. The van der Waals surface area contributed by atoms with Gasteiger partial charge in [0.2, 0.25) is 7.37 Å². The average molecular weight is 310 g/mol. The molecule has 0 saturated carbocycles. The maximum atomic E-state index is 12.3. The Kier molecular flexibility index (Phi) is 4.76. The molecule has 0 radical (unpaired) electrons. The number of carboxylic acids is 1. The third-order valence-corrected chi connectivity index (χ3v) is 5.48. The number of thiophene rings is 1. The van der Waals surface area contributed by atoms with Crippen molar-refractivity contribution in [2.45, 2.75) is 12.1 Å². The van der Waals surface area contributed by atoms with Crippen molar-refractivity contribution in [3.8, 4) is 0 Å². The highest BCUT2D eigenvalue weighted by molar-refractivity contribution is 7.57. The third kappa shape index (κ3) is 4.04. The second-order valence-corrected chi connectivity index (χ2v) is 7.77. The van der Waals surface area contributed by atoms with Crippen LogP contribution in [0, 0.1) is 0 Å². The van der Waals surface area contributed by atoms with E-state index in [1.54, 1.807) is 41.1 Å². The molecule has 2 rings (SSSR count). The summed E-state index contributed by atoms with van der Waals surface area (Å²) in [5.41, 5.74) is 1.33. The maximum absolute atomic E-state index is 12.3. The van der Waals surface area contributed by atoms with Crippen molar-refractivity contribution in [1.29, 1.82) is 0 Å². The Labute approximate surface area is 121 Å². The molecule has 0 saturated heterocycles. The number of hydrogen-bond donors (Lipinski definition) is 2. The largest absolute Gasteiger partial charge is 0.481 e. The van der Waals surface area contributed by atoms with Gasteiger partial charge in [-0.3, -0.25) is 9.36 Å². The van der Waals surface area contributed by atoms with Gasteiger partial charge in [0.15, 0.2) is 0 Å². The van der Waals surface area contributed by atoms with Crippen molar-refractivity contribution in [1.82, 2.24) is 0 Å². The van der Waals surface area contributed by atoms with Crippen LogP contribution in [0.15, 0.2) is 47.2 Å². The summed E-state index contributed by atoms with van der Waals surface area (Å²) in [5, 5.41) is 12.7. The topological polar surface area (TPSA) is 74.6 Å². The SMILES string of the molecule is O=C(O)C(CP(=O)(O)Cc1ccccc1)c1ccsc1. The molecule has 2 N–H and O–H groups in total. The van der Waals surface area contributed by atoms with Crippen LogP contribution in [-0.2, 0) is 15.5 Å². The molecule has 0 spiro atoms. The highest BCUT2D eigenvalue weighted by atomic mass is 32.1. The predicted molar refractivity (Wildman–Crippen MR) is 79.5 cm³/mol. The Morgan fingerprint density at radius 3 is 2.50 bits per heavy atom. The fourth-order valence-corrected chi connectivity index (χ4v) is 4.58. The molecule has 0 bridgehead atoms. The molecule has 2 unspecified atom stereocenters. The third-order valence-electron chi connectivity index (χ3n) is 2.98. The molecule has 6 heteroatoms. The van der Waals surface area contributed by atoms with Gasteiger partial charge in [0.05, 0.1) is 5.92 Å². The Balaban J connectivity index is 2.13. The van der Waals surface area contributed by atoms with Crippen molar-refractivity contribution in [2.75, 3.05) is 6.16 Å². The zero-order valence-electron chi connectivity index (χ0n) is 10.7. The van der Waals surface area contributed by atoms with Gasteiger partial charge in [-0.1, -0.05) is 30.3 Å². The number of aliphatic carboxylic acids is 1. The summed E-state index contributed by atoms with van der Waals surface area (Å²) in [5.74, 6) is -1.99. The van der Waals surface area contributed by atoms with Crippen LogP contribution < -0.4 is 0 Å². The van der Waals surface area contributed by atoms with Crippen LogP contribution in [-0.4, -0.2) is 22.1 Å². The van der Waals surface area contributed by atoms with Gasteiger partial charge in [-0.15, -0.1) is 0 Å². The van der Waals surface area contributed by atoms with Crippen molar-refractivity contribution >= 4 is 24.7 Å². The predicted octanol–water partition coefficient (Wildman–Crippen LogP) is 3.39. The van der Waals surface area contributed by atoms with Crippen LogP contribution in [0.3, 0.4) is 0 Å². The molecule has 2 aromatic rings. The molecule has 0 amide bonds. The lowest BCUT2D eigenvalue weighted by Gasteiger charge is -2.16. The zero-order chi connectivity index (χ0) is 14.6. The van der Waals surface area contributed by atoms with Crippen molar-refractivity contribution in [2.24, 2.45) is 0 Å². The second kappa shape index (κ2) is 6.35. The number of carbonyl (C=O) groups is 1. The zero-order valence-corrected chi connectivity index (χ0v) is 12.4. The Morgan fingerprint density at radius 1 is 1.25 bits per heavy atom. The molecule has 0 aliphatic rings. The summed E-state index contributed by atoms with van der Waals surface area (Å²) in [6.07, 6.45) is -0.240. The van der Waals surface area contributed by atoms with Crippen molar-refractivity contribution in [3.05, 3.63) is 58.3 Å². The summed E-state index contributed by atoms with van der Waals surface area (Å²) in [6, 6.07) is 10.6. The normalized spacial score (nSPS) is 15.4. The monoisotopic (exact) mass is 310 g/mol. The molecule has 0 fully saturated rings. The van der Waals surface area contributed by atoms with E-state index in [0.29, 0.717) is 5.56 Å². The highest BCUT2D eigenvalue weighted by Crippen LogP contribution is 2.48. The van der Waals surface area contributed by atoms with E-state index in [1.807, 2.05) is 6.07 Å². The van der Waals surface area contributed by atoms with Gasteiger partial charge in [-0.25, -0.2) is 0 Å². The highest BCUT2D eigenvalue weighted by Gasteiger charge is 2.30. The summed E-state index contributed by atoms with van der Waals surface area (Å²) in [4.78, 5) is 21.4. The van der Waals surface area contributed by atoms with Crippen LogP contribution in [0.4, 0.5) is 0 Å². The molecule has 1 aromatic heterocycles. The van der Waals surface area contributed by atoms with Crippen molar-refractivity contribution in [3.63, 3.8) is 0 Å². The van der Waals surface area contributed by atoms with Crippen LogP contribution in [0.5, 0.6) is 0 Å². The lowest BCUT2D eigenvalue weighted by molar-refractivity contribution is -0.138. The van der Waals surface area contributed by atoms with E-state index >= 15 is 0 Å². The van der Waals surface area contributed by atoms with Crippen LogP contribution in [0.2, 0.25) is 0 Å². The van der Waals surface area contributed by atoms with E-state index in [2.05, 4.69) is 0 Å². The minimum Gasteiger partial charge on any atom is -0.481 e. The summed E-state index contributed by atoms with van der Waals surface area (Å²) in [7, 11) is -3.54. The van der Waals surface area contributed by atoms with E-state index in [0.717, 1.165) is 5.56 Å². The molecule has 20 heavy (non-hydrogen) atoms. The molecule has 1 heterocycles. The number of rotatable bonds is 6. The Hall–Kier alpha value is -1.42. The number of carboxylic acid groups (broad SMARTS) is 1.